The molecule has 0 saturated carbocycles. The van der Waals surface area contributed by atoms with Crippen molar-refractivity contribution in [3.05, 3.63) is 16.1 Å². The van der Waals surface area contributed by atoms with E-state index in [4.69, 9.17) is 5.73 Å². The van der Waals surface area contributed by atoms with E-state index in [0.29, 0.717) is 24.1 Å². The summed E-state index contributed by atoms with van der Waals surface area (Å²) in [5.74, 6) is 1.42. The van der Waals surface area contributed by atoms with Gasteiger partial charge in [-0.2, -0.15) is 0 Å². The average molecular weight is 267 g/mol. The van der Waals surface area contributed by atoms with Crippen molar-refractivity contribution in [1.29, 1.82) is 0 Å². The standard InChI is InChI=1S/C13H21N3OS/c1-9(2)5-10-3-4-16(7-10)13(17)11-8-18-12(6-14)15-11/h8-10H,3-7,14H2,1-2H3. The Morgan fingerprint density at radius 1 is 1.67 bits per heavy atom. The SMILES string of the molecule is CC(C)CC1CCN(C(=O)c2csc(CN)n2)C1. The third-order valence-corrected chi connectivity index (χ3v) is 4.19. The predicted molar refractivity (Wildman–Crippen MR) is 73.5 cm³/mol. The Morgan fingerprint density at radius 2 is 2.44 bits per heavy atom. The molecular formula is C13H21N3OS. The highest BCUT2D eigenvalue weighted by atomic mass is 32.1. The molecule has 18 heavy (non-hydrogen) atoms. The van der Waals surface area contributed by atoms with E-state index < -0.39 is 0 Å². The maximum absolute atomic E-state index is 12.2. The van der Waals surface area contributed by atoms with Gasteiger partial charge in [-0.15, -0.1) is 11.3 Å². The van der Waals surface area contributed by atoms with Crippen LogP contribution in [0.15, 0.2) is 5.38 Å². The van der Waals surface area contributed by atoms with Crippen LogP contribution in [0.25, 0.3) is 0 Å². The van der Waals surface area contributed by atoms with Crippen molar-refractivity contribution in [1.82, 2.24) is 9.88 Å². The van der Waals surface area contributed by atoms with Gasteiger partial charge in [0.1, 0.15) is 10.7 Å². The molecule has 0 aromatic carbocycles. The Morgan fingerprint density at radius 3 is 3.06 bits per heavy atom. The molecule has 0 aliphatic carbocycles. The molecule has 0 bridgehead atoms. The van der Waals surface area contributed by atoms with Crippen molar-refractivity contribution in [2.24, 2.45) is 17.6 Å². The molecule has 1 atom stereocenters. The van der Waals surface area contributed by atoms with Crippen LogP contribution in [0.5, 0.6) is 0 Å². The number of nitrogens with two attached hydrogens (primary N) is 1. The number of rotatable bonds is 4. The van der Waals surface area contributed by atoms with Crippen LogP contribution < -0.4 is 5.73 Å². The molecule has 2 N–H and O–H groups in total. The van der Waals surface area contributed by atoms with Crippen molar-refractivity contribution in [3.63, 3.8) is 0 Å². The minimum atomic E-state index is 0.0669. The molecule has 1 aliphatic rings. The lowest BCUT2D eigenvalue weighted by Crippen LogP contribution is -2.29. The highest BCUT2D eigenvalue weighted by Crippen LogP contribution is 2.24. The van der Waals surface area contributed by atoms with Crippen LogP contribution >= 0.6 is 11.3 Å². The summed E-state index contributed by atoms with van der Waals surface area (Å²) in [6, 6.07) is 0. The van der Waals surface area contributed by atoms with Crippen molar-refractivity contribution in [2.75, 3.05) is 13.1 Å². The van der Waals surface area contributed by atoms with Crippen LogP contribution in [0.4, 0.5) is 0 Å². The third-order valence-electron chi connectivity index (χ3n) is 3.32. The molecule has 1 aromatic rings. The molecule has 1 fully saturated rings. The van der Waals surface area contributed by atoms with Gasteiger partial charge in [0.15, 0.2) is 0 Å². The molecule has 1 aromatic heterocycles. The lowest BCUT2D eigenvalue weighted by atomic mass is 9.97. The van der Waals surface area contributed by atoms with Gasteiger partial charge in [-0.3, -0.25) is 4.79 Å². The van der Waals surface area contributed by atoms with E-state index in [-0.39, 0.29) is 5.91 Å². The van der Waals surface area contributed by atoms with E-state index in [1.165, 1.54) is 17.8 Å². The van der Waals surface area contributed by atoms with Crippen LogP contribution in [-0.4, -0.2) is 28.9 Å². The van der Waals surface area contributed by atoms with Gasteiger partial charge < -0.3 is 10.6 Å². The van der Waals surface area contributed by atoms with Gasteiger partial charge in [0.2, 0.25) is 0 Å². The molecule has 1 amide bonds. The normalized spacial score (nSPS) is 19.8. The largest absolute Gasteiger partial charge is 0.337 e. The Bertz CT molecular complexity index is 416. The number of likely N-dealkylation sites (tertiary alicyclic amines) is 1. The number of thiazole rings is 1. The van der Waals surface area contributed by atoms with Gasteiger partial charge in [0.25, 0.3) is 5.91 Å². The van der Waals surface area contributed by atoms with Crippen LogP contribution in [0.3, 0.4) is 0 Å². The zero-order valence-corrected chi connectivity index (χ0v) is 11.9. The molecular weight excluding hydrogens is 246 g/mol. The quantitative estimate of drug-likeness (QED) is 0.909. The first-order valence-corrected chi connectivity index (χ1v) is 7.42. The minimum absolute atomic E-state index is 0.0669. The summed E-state index contributed by atoms with van der Waals surface area (Å²) in [5.41, 5.74) is 6.08. The van der Waals surface area contributed by atoms with Crippen LogP contribution in [0, 0.1) is 11.8 Å². The molecule has 1 unspecified atom stereocenters. The lowest BCUT2D eigenvalue weighted by molar-refractivity contribution is 0.0780. The third kappa shape index (κ3) is 3.09. The molecule has 1 saturated heterocycles. The molecule has 100 valence electrons. The summed E-state index contributed by atoms with van der Waals surface area (Å²) in [5, 5.41) is 2.65. The van der Waals surface area contributed by atoms with Gasteiger partial charge in [-0.25, -0.2) is 4.98 Å². The van der Waals surface area contributed by atoms with E-state index in [1.807, 2.05) is 10.3 Å². The number of nitrogens with zero attached hydrogens (tertiary/aromatic N) is 2. The van der Waals surface area contributed by atoms with E-state index in [9.17, 15) is 4.79 Å². The first kappa shape index (κ1) is 13.5. The zero-order valence-electron chi connectivity index (χ0n) is 11.1. The number of aromatic nitrogens is 1. The number of hydrogen-bond donors (Lipinski definition) is 1. The Kier molecular flexibility index (Phi) is 4.35. The number of carbonyl (C=O) groups is 1. The Labute approximate surface area is 112 Å². The maximum Gasteiger partial charge on any atom is 0.273 e. The van der Waals surface area contributed by atoms with Gasteiger partial charge >= 0.3 is 0 Å². The van der Waals surface area contributed by atoms with E-state index in [0.717, 1.165) is 24.5 Å². The topological polar surface area (TPSA) is 59.2 Å². The van der Waals surface area contributed by atoms with E-state index >= 15 is 0 Å². The number of hydrogen-bond acceptors (Lipinski definition) is 4. The van der Waals surface area contributed by atoms with Gasteiger partial charge in [0, 0.05) is 25.0 Å². The summed E-state index contributed by atoms with van der Waals surface area (Å²) >= 11 is 1.46. The summed E-state index contributed by atoms with van der Waals surface area (Å²) in [4.78, 5) is 18.4. The first-order valence-electron chi connectivity index (χ1n) is 6.54. The highest BCUT2D eigenvalue weighted by molar-refractivity contribution is 7.09. The van der Waals surface area contributed by atoms with Crippen molar-refractivity contribution < 1.29 is 4.79 Å². The molecule has 0 spiro atoms. The highest BCUT2D eigenvalue weighted by Gasteiger charge is 2.28. The molecule has 5 heteroatoms. The summed E-state index contributed by atoms with van der Waals surface area (Å²) in [6.45, 7) is 6.63. The first-order chi connectivity index (χ1) is 8.60. The lowest BCUT2D eigenvalue weighted by Gasteiger charge is -2.16. The average Bonchev–Trinajstić information content (AvgIpc) is 2.95. The summed E-state index contributed by atoms with van der Waals surface area (Å²) in [7, 11) is 0. The molecule has 2 rings (SSSR count). The van der Waals surface area contributed by atoms with E-state index in [1.54, 1.807) is 0 Å². The van der Waals surface area contributed by atoms with Crippen LogP contribution in [-0.2, 0) is 6.54 Å². The van der Waals surface area contributed by atoms with Crippen LogP contribution in [0.1, 0.15) is 42.2 Å². The fourth-order valence-electron chi connectivity index (χ4n) is 2.54. The van der Waals surface area contributed by atoms with Crippen molar-refractivity contribution in [2.45, 2.75) is 33.2 Å². The second-order valence-electron chi connectivity index (χ2n) is 5.37. The van der Waals surface area contributed by atoms with Crippen molar-refractivity contribution >= 4 is 17.2 Å². The molecule has 2 heterocycles. The van der Waals surface area contributed by atoms with E-state index in [2.05, 4.69) is 18.8 Å². The van der Waals surface area contributed by atoms with Crippen LogP contribution in [0.2, 0.25) is 0 Å². The molecule has 4 nitrogen and oxygen atoms in total. The van der Waals surface area contributed by atoms with Gasteiger partial charge in [-0.05, 0) is 24.7 Å². The van der Waals surface area contributed by atoms with Gasteiger partial charge in [0.05, 0.1) is 0 Å². The second kappa shape index (κ2) is 5.80. The fraction of sp³-hybridized carbons (Fsp3) is 0.692. The molecule has 0 radical (unpaired) electrons. The number of amides is 1. The monoisotopic (exact) mass is 267 g/mol. The second-order valence-corrected chi connectivity index (χ2v) is 6.31. The van der Waals surface area contributed by atoms with Gasteiger partial charge in [-0.1, -0.05) is 13.8 Å². The number of carbonyl (C=O) groups excluding carboxylic acids is 1. The molecule has 1 aliphatic heterocycles. The smallest absolute Gasteiger partial charge is 0.273 e. The fourth-order valence-corrected chi connectivity index (χ4v) is 3.19. The Hall–Kier alpha value is -0.940. The summed E-state index contributed by atoms with van der Waals surface area (Å²) in [6.07, 6.45) is 2.33. The Balaban J connectivity index is 1.94. The summed E-state index contributed by atoms with van der Waals surface area (Å²) < 4.78 is 0. The predicted octanol–water partition coefficient (Wildman–Crippen LogP) is 2.11. The zero-order chi connectivity index (χ0) is 13.1. The van der Waals surface area contributed by atoms with Crippen molar-refractivity contribution in [3.8, 4) is 0 Å². The minimum Gasteiger partial charge on any atom is -0.337 e. The maximum atomic E-state index is 12.2.